The number of hydrogen-bond acceptors (Lipinski definition) is 6. The normalized spacial score (nSPS) is 13.8. The van der Waals surface area contributed by atoms with Crippen molar-refractivity contribution in [1.29, 1.82) is 0 Å². The van der Waals surface area contributed by atoms with Crippen molar-refractivity contribution in [3.05, 3.63) is 47.5 Å². The molecule has 3 aromatic rings. The zero-order valence-electron chi connectivity index (χ0n) is 13.5. The molecule has 2 aliphatic rings. The standard InChI is InChI=1S/C20H12O6/c21-7-13-5-11-2-4-16-20(26-10-24-16)19(11)18(14(13)8-22)12-1-3-15-17(6-12)25-9-23-15/h1-8H,9-10H2. The first-order valence-electron chi connectivity index (χ1n) is 8.00. The molecule has 6 heteroatoms. The summed E-state index contributed by atoms with van der Waals surface area (Å²) in [6, 6.07) is 10.7. The van der Waals surface area contributed by atoms with Gasteiger partial charge in [-0.3, -0.25) is 9.59 Å². The minimum Gasteiger partial charge on any atom is -0.454 e. The van der Waals surface area contributed by atoms with Crippen LogP contribution >= 0.6 is 0 Å². The van der Waals surface area contributed by atoms with E-state index in [1.54, 1.807) is 24.3 Å². The predicted molar refractivity (Wildman–Crippen MR) is 92.4 cm³/mol. The maximum atomic E-state index is 11.9. The third-order valence-electron chi connectivity index (χ3n) is 4.62. The van der Waals surface area contributed by atoms with Gasteiger partial charge in [0.25, 0.3) is 0 Å². The Labute approximate surface area is 147 Å². The number of carbonyl (C=O) groups excluding carboxylic acids is 2. The molecule has 26 heavy (non-hydrogen) atoms. The predicted octanol–water partition coefficient (Wildman–Crippen LogP) is 3.59. The van der Waals surface area contributed by atoms with Crippen molar-refractivity contribution in [3.63, 3.8) is 0 Å². The Morgan fingerprint density at radius 1 is 0.769 bits per heavy atom. The molecule has 0 aliphatic carbocycles. The molecule has 0 unspecified atom stereocenters. The lowest BCUT2D eigenvalue weighted by Gasteiger charge is -2.14. The summed E-state index contributed by atoms with van der Waals surface area (Å²) in [6.45, 7) is 0.266. The fourth-order valence-electron chi connectivity index (χ4n) is 3.47. The first-order chi connectivity index (χ1) is 12.8. The second-order valence-electron chi connectivity index (χ2n) is 5.96. The van der Waals surface area contributed by atoms with Gasteiger partial charge in [-0.1, -0.05) is 12.1 Å². The molecule has 0 aromatic heterocycles. The number of benzene rings is 3. The molecule has 0 saturated heterocycles. The van der Waals surface area contributed by atoms with Crippen LogP contribution in [-0.4, -0.2) is 26.2 Å². The maximum absolute atomic E-state index is 11.9. The van der Waals surface area contributed by atoms with Crippen LogP contribution in [0, 0.1) is 0 Å². The number of ether oxygens (including phenoxy) is 4. The van der Waals surface area contributed by atoms with E-state index in [0.29, 0.717) is 52.3 Å². The second kappa shape index (κ2) is 5.49. The lowest BCUT2D eigenvalue weighted by atomic mass is 9.89. The molecule has 0 spiro atoms. The summed E-state index contributed by atoms with van der Waals surface area (Å²) >= 11 is 0. The SMILES string of the molecule is O=Cc1cc2ccc3c(c2c(-c2ccc4c(c2)OCO4)c1C=O)OCO3. The van der Waals surface area contributed by atoms with Crippen molar-refractivity contribution in [2.75, 3.05) is 13.6 Å². The van der Waals surface area contributed by atoms with E-state index in [2.05, 4.69) is 0 Å². The summed E-state index contributed by atoms with van der Waals surface area (Å²) in [7, 11) is 0. The van der Waals surface area contributed by atoms with Gasteiger partial charge >= 0.3 is 0 Å². The third kappa shape index (κ3) is 1.99. The van der Waals surface area contributed by atoms with Gasteiger partial charge in [0.1, 0.15) is 0 Å². The van der Waals surface area contributed by atoms with E-state index in [-0.39, 0.29) is 13.6 Å². The van der Waals surface area contributed by atoms with Gasteiger partial charge in [0.05, 0.1) is 0 Å². The molecule has 128 valence electrons. The second-order valence-corrected chi connectivity index (χ2v) is 5.96. The highest BCUT2D eigenvalue weighted by Gasteiger charge is 2.25. The monoisotopic (exact) mass is 348 g/mol. The van der Waals surface area contributed by atoms with Gasteiger partial charge in [-0.2, -0.15) is 0 Å². The first-order valence-corrected chi connectivity index (χ1v) is 8.00. The number of rotatable bonds is 3. The minimum atomic E-state index is 0.112. The quantitative estimate of drug-likeness (QED) is 0.674. The van der Waals surface area contributed by atoms with Crippen molar-refractivity contribution >= 4 is 23.3 Å². The number of hydrogen-bond donors (Lipinski definition) is 0. The molecule has 5 rings (SSSR count). The zero-order chi connectivity index (χ0) is 17.7. The Hall–Kier alpha value is -3.54. The molecule has 0 fully saturated rings. The minimum absolute atomic E-state index is 0.112. The molecule has 3 aromatic carbocycles. The molecule has 0 atom stereocenters. The van der Waals surface area contributed by atoms with Crippen molar-refractivity contribution in [1.82, 2.24) is 0 Å². The van der Waals surface area contributed by atoms with Crippen molar-refractivity contribution in [2.45, 2.75) is 0 Å². The van der Waals surface area contributed by atoms with Crippen molar-refractivity contribution in [3.8, 4) is 34.1 Å². The van der Waals surface area contributed by atoms with E-state index in [1.165, 1.54) is 0 Å². The largest absolute Gasteiger partial charge is 0.454 e. The summed E-state index contributed by atoms with van der Waals surface area (Å²) < 4.78 is 22.0. The van der Waals surface area contributed by atoms with Crippen LogP contribution in [-0.2, 0) is 0 Å². The Kier molecular flexibility index (Phi) is 3.12. The number of aldehydes is 2. The third-order valence-corrected chi connectivity index (χ3v) is 4.62. The lowest BCUT2D eigenvalue weighted by molar-refractivity contribution is 0.109. The van der Waals surface area contributed by atoms with Gasteiger partial charge in [-0.15, -0.1) is 0 Å². The Morgan fingerprint density at radius 2 is 1.54 bits per heavy atom. The first kappa shape index (κ1) is 14.8. The Bertz CT molecular complexity index is 1090. The van der Waals surface area contributed by atoms with Gasteiger partial charge in [0.15, 0.2) is 35.6 Å². The Morgan fingerprint density at radius 3 is 2.38 bits per heavy atom. The lowest BCUT2D eigenvalue weighted by Crippen LogP contribution is -1.98. The highest BCUT2D eigenvalue weighted by atomic mass is 16.7. The van der Waals surface area contributed by atoms with Crippen LogP contribution in [0.2, 0.25) is 0 Å². The molecule has 2 heterocycles. The summed E-state index contributed by atoms with van der Waals surface area (Å²) in [5, 5.41) is 1.51. The molecular weight excluding hydrogens is 336 g/mol. The van der Waals surface area contributed by atoms with E-state index in [0.717, 1.165) is 16.3 Å². The molecule has 0 N–H and O–H groups in total. The van der Waals surface area contributed by atoms with E-state index >= 15 is 0 Å². The molecule has 0 radical (unpaired) electrons. The molecule has 0 amide bonds. The van der Waals surface area contributed by atoms with Crippen LogP contribution in [0.15, 0.2) is 36.4 Å². The smallest absolute Gasteiger partial charge is 0.231 e. The number of fused-ring (bicyclic) bond motifs is 4. The fourth-order valence-corrected chi connectivity index (χ4v) is 3.47. The molecule has 0 saturated carbocycles. The average molecular weight is 348 g/mol. The van der Waals surface area contributed by atoms with Crippen molar-refractivity contribution in [2.24, 2.45) is 0 Å². The molecule has 0 bridgehead atoms. The van der Waals surface area contributed by atoms with Crippen LogP contribution in [0.5, 0.6) is 23.0 Å². The zero-order valence-corrected chi connectivity index (χ0v) is 13.5. The molecular formula is C20H12O6. The van der Waals surface area contributed by atoms with Crippen LogP contribution in [0.4, 0.5) is 0 Å². The van der Waals surface area contributed by atoms with Gasteiger partial charge in [-0.25, -0.2) is 0 Å². The van der Waals surface area contributed by atoms with Gasteiger partial charge in [0, 0.05) is 22.1 Å². The Balaban J connectivity index is 1.91. The van der Waals surface area contributed by atoms with Gasteiger partial charge < -0.3 is 18.9 Å². The number of carbonyl (C=O) groups is 2. The van der Waals surface area contributed by atoms with Crippen LogP contribution in [0.25, 0.3) is 21.9 Å². The topological polar surface area (TPSA) is 71.1 Å². The van der Waals surface area contributed by atoms with Crippen molar-refractivity contribution < 1.29 is 28.5 Å². The van der Waals surface area contributed by atoms with Crippen LogP contribution in [0.1, 0.15) is 20.7 Å². The van der Waals surface area contributed by atoms with E-state index in [4.69, 9.17) is 18.9 Å². The summed E-state index contributed by atoms with van der Waals surface area (Å²) in [4.78, 5) is 23.4. The molecule has 6 nitrogen and oxygen atoms in total. The summed E-state index contributed by atoms with van der Waals surface area (Å²) in [5.74, 6) is 2.40. The average Bonchev–Trinajstić information content (AvgIpc) is 3.34. The van der Waals surface area contributed by atoms with Gasteiger partial charge in [-0.05, 0) is 35.2 Å². The molecule has 2 aliphatic heterocycles. The van der Waals surface area contributed by atoms with E-state index < -0.39 is 0 Å². The highest BCUT2D eigenvalue weighted by molar-refractivity contribution is 6.12. The maximum Gasteiger partial charge on any atom is 0.231 e. The highest BCUT2D eigenvalue weighted by Crippen LogP contribution is 2.47. The van der Waals surface area contributed by atoms with E-state index in [9.17, 15) is 9.59 Å². The van der Waals surface area contributed by atoms with Crippen LogP contribution < -0.4 is 18.9 Å². The summed E-state index contributed by atoms with van der Waals surface area (Å²) in [6.07, 6.45) is 1.38. The van der Waals surface area contributed by atoms with E-state index in [1.807, 2.05) is 12.1 Å². The van der Waals surface area contributed by atoms with Crippen LogP contribution in [0.3, 0.4) is 0 Å². The van der Waals surface area contributed by atoms with Gasteiger partial charge in [0.2, 0.25) is 13.6 Å². The summed E-state index contributed by atoms with van der Waals surface area (Å²) in [5.41, 5.74) is 1.96. The fraction of sp³-hybridized carbons (Fsp3) is 0.100.